The SMILES string of the molecule is [B]OC=N[C@H]1Cc2ccc(cc2)OCCCCOC[C@@H](C(=O)OC)NC(=O)[C@H](C(C)C)NC1=O. The first-order chi connectivity index (χ1) is 16.3. The molecule has 0 aromatic heterocycles. The maximum atomic E-state index is 13.1. The standard InChI is InChI=1S/C23H32BN3O7/c1-15(2)20-22(29)26-19(23(30)31-3)13-32-10-4-5-11-33-17-8-6-16(7-9-17)12-18(21(28)27-20)25-14-34-24/h6-9,14-15,18-20H,4-5,10-13H2,1-3H3,(H,26,29)(H,27,28)/t18-,19-,20-/m0/s1. The third-order valence-electron chi connectivity index (χ3n) is 5.24. The maximum Gasteiger partial charge on any atom is 0.375 e. The van der Waals surface area contributed by atoms with Crippen LogP contribution in [0.3, 0.4) is 0 Å². The molecule has 10 nitrogen and oxygen atoms in total. The summed E-state index contributed by atoms with van der Waals surface area (Å²) in [5.41, 5.74) is 0.837. The molecule has 3 rings (SSSR count). The highest BCUT2D eigenvalue weighted by Crippen LogP contribution is 2.16. The molecule has 1 aromatic carbocycles. The lowest BCUT2D eigenvalue weighted by molar-refractivity contribution is -0.147. The van der Waals surface area contributed by atoms with Crippen LogP contribution in [0.1, 0.15) is 32.3 Å². The summed E-state index contributed by atoms with van der Waals surface area (Å²) in [6, 6.07) is 4.51. The van der Waals surface area contributed by atoms with Gasteiger partial charge in [-0.1, -0.05) is 26.0 Å². The summed E-state index contributed by atoms with van der Waals surface area (Å²) in [6.07, 6.45) is 2.69. The molecule has 2 heterocycles. The Bertz CT molecular complexity index is 832. The van der Waals surface area contributed by atoms with Gasteiger partial charge in [0, 0.05) is 13.0 Å². The lowest BCUT2D eigenvalue weighted by Gasteiger charge is -2.25. The minimum absolute atomic E-state index is 0.0556. The molecule has 0 spiro atoms. The van der Waals surface area contributed by atoms with Crippen molar-refractivity contribution >= 4 is 32.2 Å². The number of rotatable bonds is 4. The second-order valence-electron chi connectivity index (χ2n) is 8.20. The summed E-state index contributed by atoms with van der Waals surface area (Å²) in [7, 11) is 6.28. The summed E-state index contributed by atoms with van der Waals surface area (Å²) in [4.78, 5) is 42.3. The largest absolute Gasteiger partial charge is 0.560 e. The number of hydrogen-bond donors (Lipinski definition) is 2. The monoisotopic (exact) mass is 473 g/mol. The molecule has 2 N–H and O–H groups in total. The molecule has 11 heteroatoms. The van der Waals surface area contributed by atoms with Crippen LogP contribution in [0.15, 0.2) is 29.3 Å². The third-order valence-corrected chi connectivity index (χ3v) is 5.24. The molecular formula is C23H32BN3O7. The number of esters is 1. The number of carbonyl (C=O) groups is 3. The first-order valence-electron chi connectivity index (χ1n) is 11.2. The minimum atomic E-state index is -1.01. The Labute approximate surface area is 201 Å². The first-order valence-corrected chi connectivity index (χ1v) is 11.2. The first kappa shape index (κ1) is 27.2. The molecule has 2 aliphatic heterocycles. The summed E-state index contributed by atoms with van der Waals surface area (Å²) in [5.74, 6) is -1.23. The van der Waals surface area contributed by atoms with Gasteiger partial charge in [-0.3, -0.25) is 9.59 Å². The Kier molecular flexibility index (Phi) is 11.4. The zero-order chi connectivity index (χ0) is 24.9. The van der Waals surface area contributed by atoms with Crippen molar-refractivity contribution in [2.45, 2.75) is 51.2 Å². The molecule has 2 radical (unpaired) electrons. The number of aliphatic imine (C=N–C) groups is 1. The number of benzene rings is 1. The number of hydrogen-bond acceptors (Lipinski definition) is 8. The predicted octanol–water partition coefficient (Wildman–Crippen LogP) is 0.714. The van der Waals surface area contributed by atoms with Crippen LogP contribution in [0.2, 0.25) is 0 Å². The number of amides is 2. The molecule has 0 unspecified atom stereocenters. The highest BCUT2D eigenvalue weighted by molar-refractivity contribution is 6.02. The summed E-state index contributed by atoms with van der Waals surface area (Å²) < 4.78 is 20.5. The number of methoxy groups -OCH3 is 1. The smallest absolute Gasteiger partial charge is 0.375 e. The van der Waals surface area contributed by atoms with Gasteiger partial charge in [-0.05, 0) is 36.5 Å². The Hall–Kier alpha value is -3.08. The topological polar surface area (TPSA) is 125 Å². The van der Waals surface area contributed by atoms with Crippen LogP contribution in [0.5, 0.6) is 5.75 Å². The normalized spacial score (nSPS) is 23.2. The minimum Gasteiger partial charge on any atom is -0.560 e. The number of ether oxygens (including phenoxy) is 3. The van der Waals surface area contributed by atoms with Crippen LogP contribution in [-0.4, -0.2) is 77.3 Å². The van der Waals surface area contributed by atoms with E-state index in [9.17, 15) is 14.4 Å². The molecule has 0 saturated heterocycles. The van der Waals surface area contributed by atoms with Gasteiger partial charge < -0.3 is 29.5 Å². The highest BCUT2D eigenvalue weighted by Gasteiger charge is 2.31. The molecule has 2 bridgehead atoms. The van der Waals surface area contributed by atoms with E-state index in [0.29, 0.717) is 25.4 Å². The van der Waals surface area contributed by atoms with Crippen LogP contribution >= 0.6 is 0 Å². The summed E-state index contributed by atoms with van der Waals surface area (Å²) in [6.45, 7) is 4.39. The van der Waals surface area contributed by atoms with Crippen LogP contribution in [-0.2, 0) is 34.9 Å². The molecule has 34 heavy (non-hydrogen) atoms. The predicted molar refractivity (Wildman–Crippen MR) is 126 cm³/mol. The van der Waals surface area contributed by atoms with E-state index in [4.69, 9.17) is 22.3 Å². The van der Waals surface area contributed by atoms with Gasteiger partial charge in [0.15, 0.2) is 12.4 Å². The van der Waals surface area contributed by atoms with Crippen LogP contribution in [0.25, 0.3) is 0 Å². The zero-order valence-electron chi connectivity index (χ0n) is 19.8. The van der Waals surface area contributed by atoms with Gasteiger partial charge in [0.05, 0.1) is 20.3 Å². The average molecular weight is 473 g/mol. The number of nitrogens with zero attached hydrogens (tertiary/aromatic N) is 1. The summed E-state index contributed by atoms with van der Waals surface area (Å²) >= 11 is 0. The molecule has 0 fully saturated rings. The van der Waals surface area contributed by atoms with Gasteiger partial charge >= 0.3 is 14.0 Å². The van der Waals surface area contributed by atoms with E-state index in [0.717, 1.165) is 18.4 Å². The lowest BCUT2D eigenvalue weighted by atomic mass is 10.0. The second kappa shape index (κ2) is 14.2. The van der Waals surface area contributed by atoms with E-state index in [-0.39, 0.29) is 18.9 Å². The van der Waals surface area contributed by atoms with E-state index >= 15 is 0 Å². The van der Waals surface area contributed by atoms with Crippen LogP contribution in [0, 0.1) is 5.92 Å². The average Bonchev–Trinajstić information content (AvgIpc) is 2.83. The molecule has 2 amide bonds. The van der Waals surface area contributed by atoms with E-state index < -0.39 is 35.9 Å². The molecule has 0 saturated carbocycles. The fourth-order valence-electron chi connectivity index (χ4n) is 3.32. The van der Waals surface area contributed by atoms with Crippen LogP contribution in [0.4, 0.5) is 0 Å². The van der Waals surface area contributed by atoms with Gasteiger partial charge in [0.1, 0.15) is 17.8 Å². The van der Waals surface area contributed by atoms with Gasteiger partial charge in [0.25, 0.3) is 0 Å². The van der Waals surface area contributed by atoms with Gasteiger partial charge in [-0.2, -0.15) is 0 Å². The zero-order valence-corrected chi connectivity index (χ0v) is 19.8. The molecule has 0 aliphatic carbocycles. The van der Waals surface area contributed by atoms with Gasteiger partial charge in [-0.15, -0.1) is 0 Å². The maximum absolute atomic E-state index is 13.1. The second-order valence-corrected chi connectivity index (χ2v) is 8.20. The molecule has 1 aromatic rings. The Morgan fingerprint density at radius 1 is 1.15 bits per heavy atom. The van der Waals surface area contributed by atoms with Crippen molar-refractivity contribution < 1.29 is 33.2 Å². The van der Waals surface area contributed by atoms with Crippen molar-refractivity contribution in [1.82, 2.24) is 10.6 Å². The molecule has 2 aliphatic rings. The van der Waals surface area contributed by atoms with Gasteiger partial charge in [-0.25, -0.2) is 9.79 Å². The summed E-state index contributed by atoms with van der Waals surface area (Å²) in [5, 5.41) is 5.36. The van der Waals surface area contributed by atoms with Crippen molar-refractivity contribution in [2.24, 2.45) is 10.9 Å². The fraction of sp³-hybridized carbons (Fsp3) is 0.565. The van der Waals surface area contributed by atoms with Crippen LogP contribution < -0.4 is 15.4 Å². The van der Waals surface area contributed by atoms with E-state index in [1.807, 2.05) is 24.3 Å². The van der Waals surface area contributed by atoms with E-state index in [1.165, 1.54) is 7.11 Å². The fourth-order valence-corrected chi connectivity index (χ4v) is 3.32. The molecule has 3 atom stereocenters. The van der Waals surface area contributed by atoms with Crippen molar-refractivity contribution in [3.8, 4) is 5.75 Å². The number of nitrogens with one attached hydrogen (secondary N) is 2. The van der Waals surface area contributed by atoms with E-state index in [1.54, 1.807) is 13.8 Å². The molecule has 184 valence electrons. The van der Waals surface area contributed by atoms with E-state index in [2.05, 4.69) is 20.3 Å². The Morgan fingerprint density at radius 2 is 1.85 bits per heavy atom. The quantitative estimate of drug-likeness (QED) is 0.217. The number of carbonyl (C=O) groups excluding carboxylic acids is 3. The third kappa shape index (κ3) is 8.70. The molecular weight excluding hydrogens is 441 g/mol. The highest BCUT2D eigenvalue weighted by atomic mass is 16.5. The van der Waals surface area contributed by atoms with Crippen molar-refractivity contribution in [2.75, 3.05) is 26.9 Å². The van der Waals surface area contributed by atoms with Crippen molar-refractivity contribution in [3.05, 3.63) is 29.8 Å². The Balaban J connectivity index is 2.28. The van der Waals surface area contributed by atoms with Gasteiger partial charge in [0.2, 0.25) is 11.8 Å². The lowest BCUT2D eigenvalue weighted by Crippen LogP contribution is -2.56. The van der Waals surface area contributed by atoms with Crippen molar-refractivity contribution in [3.63, 3.8) is 0 Å². The van der Waals surface area contributed by atoms with Crippen molar-refractivity contribution in [1.29, 1.82) is 0 Å². The Morgan fingerprint density at radius 3 is 2.50 bits per heavy atom. The number of fused-ring (bicyclic) bond motifs is 16.